The summed E-state index contributed by atoms with van der Waals surface area (Å²) < 4.78 is 10.8. The van der Waals surface area contributed by atoms with Crippen LogP contribution in [0.3, 0.4) is 0 Å². The maximum absolute atomic E-state index is 10.2. The van der Waals surface area contributed by atoms with E-state index in [0.29, 0.717) is 25.7 Å². The van der Waals surface area contributed by atoms with Gasteiger partial charge in [0.1, 0.15) is 5.75 Å². The molecule has 0 spiro atoms. The van der Waals surface area contributed by atoms with Crippen LogP contribution >= 0.6 is 0 Å². The third-order valence-corrected chi connectivity index (χ3v) is 4.01. The van der Waals surface area contributed by atoms with E-state index in [1.165, 1.54) is 18.4 Å². The summed E-state index contributed by atoms with van der Waals surface area (Å²) in [6.07, 6.45) is 2.21. The van der Waals surface area contributed by atoms with Crippen molar-refractivity contribution in [3.05, 3.63) is 29.8 Å². The Balaban J connectivity index is 1.82. The van der Waals surface area contributed by atoms with Crippen LogP contribution in [0.4, 0.5) is 0 Å². The lowest BCUT2D eigenvalue weighted by molar-refractivity contribution is 0.00620. The first-order valence-electron chi connectivity index (χ1n) is 8.68. The Kier molecular flexibility index (Phi) is 7.34. The van der Waals surface area contributed by atoms with Crippen LogP contribution in [0.15, 0.2) is 24.3 Å². The van der Waals surface area contributed by atoms with E-state index in [9.17, 15) is 5.11 Å². The molecule has 1 aliphatic rings. The second-order valence-corrected chi connectivity index (χ2v) is 7.07. The molecule has 4 nitrogen and oxygen atoms in total. The van der Waals surface area contributed by atoms with Gasteiger partial charge in [-0.2, -0.15) is 0 Å². The zero-order valence-electron chi connectivity index (χ0n) is 14.7. The summed E-state index contributed by atoms with van der Waals surface area (Å²) in [7, 11) is 1.68. The van der Waals surface area contributed by atoms with Crippen LogP contribution in [0.25, 0.3) is 0 Å². The Morgan fingerprint density at radius 2 is 1.87 bits per heavy atom. The Morgan fingerprint density at radius 3 is 2.43 bits per heavy atom. The third-order valence-electron chi connectivity index (χ3n) is 4.01. The monoisotopic (exact) mass is 321 g/mol. The van der Waals surface area contributed by atoms with Crippen molar-refractivity contribution in [2.24, 2.45) is 11.8 Å². The summed E-state index contributed by atoms with van der Waals surface area (Å²) >= 11 is 0. The molecule has 1 aromatic rings. The molecule has 0 radical (unpaired) electrons. The first-order valence-corrected chi connectivity index (χ1v) is 8.68. The number of hydrogen-bond acceptors (Lipinski definition) is 4. The summed E-state index contributed by atoms with van der Waals surface area (Å²) in [5.41, 5.74) is 1.25. The van der Waals surface area contributed by atoms with E-state index in [0.717, 1.165) is 24.8 Å². The first-order chi connectivity index (χ1) is 11.1. The van der Waals surface area contributed by atoms with Gasteiger partial charge in [0.15, 0.2) is 0 Å². The van der Waals surface area contributed by atoms with Crippen molar-refractivity contribution in [3.63, 3.8) is 0 Å². The van der Waals surface area contributed by atoms with E-state index in [2.05, 4.69) is 30.9 Å². The van der Waals surface area contributed by atoms with Gasteiger partial charge in [-0.25, -0.2) is 0 Å². The van der Waals surface area contributed by atoms with Gasteiger partial charge in [-0.05, 0) is 42.4 Å². The van der Waals surface area contributed by atoms with Gasteiger partial charge in [-0.15, -0.1) is 0 Å². The lowest BCUT2D eigenvalue weighted by atomic mass is 10.2. The number of hydrogen-bond donors (Lipinski definition) is 1. The van der Waals surface area contributed by atoms with E-state index < -0.39 is 6.10 Å². The SMILES string of the molecule is COc1ccc(CN(CC(O)COCC(C)C)CC2CC2)cc1. The maximum atomic E-state index is 10.2. The number of aliphatic hydroxyl groups excluding tert-OH is 1. The molecular weight excluding hydrogens is 290 g/mol. The molecule has 4 heteroatoms. The number of nitrogens with zero attached hydrogens (tertiary/aromatic N) is 1. The van der Waals surface area contributed by atoms with Crippen molar-refractivity contribution >= 4 is 0 Å². The maximum Gasteiger partial charge on any atom is 0.118 e. The molecule has 23 heavy (non-hydrogen) atoms. The first kappa shape index (κ1) is 18.2. The summed E-state index contributed by atoms with van der Waals surface area (Å²) in [6.45, 7) is 7.96. The average Bonchev–Trinajstić information content (AvgIpc) is 3.31. The van der Waals surface area contributed by atoms with E-state index in [4.69, 9.17) is 9.47 Å². The number of ether oxygens (including phenoxy) is 2. The Bertz CT molecular complexity index is 442. The Morgan fingerprint density at radius 1 is 1.17 bits per heavy atom. The summed E-state index contributed by atoms with van der Waals surface area (Å²) in [5.74, 6) is 2.19. The molecule has 0 heterocycles. The second kappa shape index (κ2) is 9.26. The summed E-state index contributed by atoms with van der Waals surface area (Å²) in [6, 6.07) is 8.18. The van der Waals surface area contributed by atoms with Crippen LogP contribution in [0.2, 0.25) is 0 Å². The average molecular weight is 321 g/mol. The lowest BCUT2D eigenvalue weighted by Gasteiger charge is -2.25. The molecule has 0 saturated heterocycles. The fourth-order valence-corrected chi connectivity index (χ4v) is 2.65. The highest BCUT2D eigenvalue weighted by atomic mass is 16.5. The van der Waals surface area contributed by atoms with Gasteiger partial charge in [-0.3, -0.25) is 4.90 Å². The van der Waals surface area contributed by atoms with Gasteiger partial charge in [0.05, 0.1) is 19.8 Å². The lowest BCUT2D eigenvalue weighted by Crippen LogP contribution is -2.36. The normalized spacial score (nSPS) is 16.1. The van der Waals surface area contributed by atoms with Crippen molar-refractivity contribution in [3.8, 4) is 5.75 Å². The largest absolute Gasteiger partial charge is 0.497 e. The van der Waals surface area contributed by atoms with Crippen LogP contribution in [0.5, 0.6) is 5.75 Å². The third kappa shape index (κ3) is 7.34. The number of methoxy groups -OCH3 is 1. The molecule has 130 valence electrons. The minimum atomic E-state index is -0.425. The molecule has 1 N–H and O–H groups in total. The Labute approximate surface area is 140 Å². The molecule has 1 atom stereocenters. The molecule has 0 aromatic heterocycles. The zero-order chi connectivity index (χ0) is 16.7. The molecule has 1 aromatic carbocycles. The van der Waals surface area contributed by atoms with Crippen LogP contribution in [0, 0.1) is 11.8 Å². The number of benzene rings is 1. The summed E-state index contributed by atoms with van der Waals surface area (Å²) in [4.78, 5) is 2.35. The molecular formula is C19H31NO3. The zero-order valence-corrected chi connectivity index (χ0v) is 14.7. The fourth-order valence-electron chi connectivity index (χ4n) is 2.65. The van der Waals surface area contributed by atoms with Crippen LogP contribution in [-0.4, -0.2) is 49.5 Å². The van der Waals surface area contributed by atoms with Gasteiger partial charge in [0.25, 0.3) is 0 Å². The van der Waals surface area contributed by atoms with Crippen molar-refractivity contribution in [2.45, 2.75) is 39.3 Å². The molecule has 1 unspecified atom stereocenters. The highest BCUT2D eigenvalue weighted by molar-refractivity contribution is 5.27. The highest BCUT2D eigenvalue weighted by Gasteiger charge is 2.25. The molecule has 0 aliphatic heterocycles. The molecule has 1 aliphatic carbocycles. The fraction of sp³-hybridized carbons (Fsp3) is 0.684. The summed E-state index contributed by atoms with van der Waals surface area (Å²) in [5, 5.41) is 10.2. The molecule has 2 rings (SSSR count). The predicted molar refractivity (Wildman–Crippen MR) is 92.7 cm³/mol. The van der Waals surface area contributed by atoms with Crippen molar-refractivity contribution in [1.29, 1.82) is 0 Å². The minimum absolute atomic E-state index is 0.419. The quantitative estimate of drug-likeness (QED) is 0.680. The van der Waals surface area contributed by atoms with Crippen molar-refractivity contribution in [1.82, 2.24) is 4.90 Å². The van der Waals surface area contributed by atoms with E-state index >= 15 is 0 Å². The van der Waals surface area contributed by atoms with Gasteiger partial charge in [-0.1, -0.05) is 26.0 Å². The molecule has 1 fully saturated rings. The highest BCUT2D eigenvalue weighted by Crippen LogP contribution is 2.30. The van der Waals surface area contributed by atoms with Gasteiger partial charge in [0.2, 0.25) is 0 Å². The Hall–Kier alpha value is -1.10. The smallest absolute Gasteiger partial charge is 0.118 e. The van der Waals surface area contributed by atoms with E-state index in [-0.39, 0.29) is 0 Å². The molecule has 1 saturated carbocycles. The van der Waals surface area contributed by atoms with E-state index in [1.54, 1.807) is 7.11 Å². The topological polar surface area (TPSA) is 41.9 Å². The van der Waals surface area contributed by atoms with Crippen LogP contribution < -0.4 is 4.74 Å². The molecule has 0 bridgehead atoms. The predicted octanol–water partition coefficient (Wildman–Crippen LogP) is 2.94. The number of aliphatic hydroxyl groups is 1. The van der Waals surface area contributed by atoms with Crippen LogP contribution in [0.1, 0.15) is 32.3 Å². The van der Waals surface area contributed by atoms with Crippen LogP contribution in [-0.2, 0) is 11.3 Å². The van der Waals surface area contributed by atoms with Gasteiger partial charge < -0.3 is 14.6 Å². The van der Waals surface area contributed by atoms with Crippen molar-refractivity contribution in [2.75, 3.05) is 33.4 Å². The number of rotatable bonds is 11. The van der Waals surface area contributed by atoms with E-state index in [1.807, 2.05) is 12.1 Å². The minimum Gasteiger partial charge on any atom is -0.497 e. The van der Waals surface area contributed by atoms with Crippen molar-refractivity contribution < 1.29 is 14.6 Å². The molecule has 0 amide bonds. The van der Waals surface area contributed by atoms with Gasteiger partial charge in [0, 0.05) is 26.2 Å². The van der Waals surface area contributed by atoms with Gasteiger partial charge >= 0.3 is 0 Å². The standard InChI is InChI=1S/C19H31NO3/c1-15(2)13-23-14-18(21)12-20(10-16-4-5-16)11-17-6-8-19(22-3)9-7-17/h6-9,15-16,18,21H,4-5,10-14H2,1-3H3. The second-order valence-electron chi connectivity index (χ2n) is 7.07.